The molecule has 0 aliphatic carbocycles. The Kier molecular flexibility index (Phi) is 12.0. The molecule has 214 valence electrons. The zero-order valence-electron chi connectivity index (χ0n) is 24.3. The highest BCUT2D eigenvalue weighted by atomic mass is 32.2. The van der Waals surface area contributed by atoms with E-state index < -0.39 is 0 Å². The Labute approximate surface area is 245 Å². The van der Waals surface area contributed by atoms with Gasteiger partial charge in [-0.15, -0.1) is 0 Å². The molecular formula is C34H45N3O2S. The van der Waals surface area contributed by atoms with Crippen LogP contribution in [0.3, 0.4) is 0 Å². The molecule has 0 aromatic heterocycles. The van der Waals surface area contributed by atoms with Crippen LogP contribution in [0.2, 0.25) is 0 Å². The Hall–Kier alpha value is -2.80. The maximum absolute atomic E-state index is 13.2. The standard InChI is InChI=1S/C34H45N3O2S/c1-4-28(2)37(34(38)39-27-29-14-8-5-9-15-29)32-21-24-36(25-22-32)23-20-31(30-16-10-6-11-17-30)26-35(3)40-33-18-12-7-13-19-33/h5-19,28,31-32H,4,20-27H2,1-3H3. The number of hydrogen-bond acceptors (Lipinski definition) is 5. The van der Waals surface area contributed by atoms with Crippen molar-refractivity contribution in [3.63, 3.8) is 0 Å². The molecule has 0 bridgehead atoms. The Balaban J connectivity index is 1.30. The first-order valence-electron chi connectivity index (χ1n) is 14.7. The molecule has 5 nitrogen and oxygen atoms in total. The summed E-state index contributed by atoms with van der Waals surface area (Å²) < 4.78 is 8.13. The topological polar surface area (TPSA) is 36.0 Å². The summed E-state index contributed by atoms with van der Waals surface area (Å²) in [6, 6.07) is 31.9. The number of hydrogen-bond donors (Lipinski definition) is 0. The number of rotatable bonds is 13. The summed E-state index contributed by atoms with van der Waals surface area (Å²) in [6.07, 6.45) is 3.84. The predicted octanol–water partition coefficient (Wildman–Crippen LogP) is 7.70. The maximum atomic E-state index is 13.2. The SMILES string of the molecule is CCC(C)N(C(=O)OCc1ccccc1)C1CCN(CCC(CN(C)Sc2ccccc2)c2ccccc2)CC1. The molecule has 0 radical (unpaired) electrons. The van der Waals surface area contributed by atoms with Crippen LogP contribution in [-0.2, 0) is 11.3 Å². The molecule has 2 unspecified atom stereocenters. The van der Waals surface area contributed by atoms with Gasteiger partial charge in [0.2, 0.25) is 0 Å². The highest BCUT2D eigenvalue weighted by molar-refractivity contribution is 7.97. The van der Waals surface area contributed by atoms with E-state index in [2.05, 4.69) is 90.8 Å². The van der Waals surface area contributed by atoms with Crippen molar-refractivity contribution in [1.82, 2.24) is 14.1 Å². The third kappa shape index (κ3) is 9.12. The molecule has 1 aliphatic rings. The lowest BCUT2D eigenvalue weighted by Gasteiger charge is -2.41. The van der Waals surface area contributed by atoms with Gasteiger partial charge in [0.05, 0.1) is 0 Å². The largest absolute Gasteiger partial charge is 0.445 e. The van der Waals surface area contributed by atoms with Crippen molar-refractivity contribution in [1.29, 1.82) is 0 Å². The fourth-order valence-electron chi connectivity index (χ4n) is 5.54. The van der Waals surface area contributed by atoms with Crippen molar-refractivity contribution < 1.29 is 9.53 Å². The van der Waals surface area contributed by atoms with Gasteiger partial charge >= 0.3 is 6.09 Å². The van der Waals surface area contributed by atoms with E-state index in [9.17, 15) is 4.79 Å². The molecule has 40 heavy (non-hydrogen) atoms. The molecule has 1 aliphatic heterocycles. The third-order valence-corrected chi connectivity index (χ3v) is 8.92. The van der Waals surface area contributed by atoms with Crippen molar-refractivity contribution in [3.05, 3.63) is 102 Å². The average molecular weight is 560 g/mol. The van der Waals surface area contributed by atoms with E-state index >= 15 is 0 Å². The monoisotopic (exact) mass is 559 g/mol. The minimum Gasteiger partial charge on any atom is -0.445 e. The van der Waals surface area contributed by atoms with Gasteiger partial charge in [-0.3, -0.25) is 0 Å². The molecule has 2 atom stereocenters. The Morgan fingerprint density at radius 1 is 0.950 bits per heavy atom. The quantitative estimate of drug-likeness (QED) is 0.201. The molecule has 1 fully saturated rings. The maximum Gasteiger partial charge on any atom is 0.410 e. The van der Waals surface area contributed by atoms with Crippen LogP contribution in [0.15, 0.2) is 95.9 Å². The molecule has 1 saturated heterocycles. The molecule has 0 saturated carbocycles. The molecule has 1 heterocycles. The number of carbonyl (C=O) groups is 1. The van der Waals surface area contributed by atoms with Crippen LogP contribution in [0.4, 0.5) is 4.79 Å². The van der Waals surface area contributed by atoms with E-state index in [4.69, 9.17) is 4.74 Å². The zero-order valence-corrected chi connectivity index (χ0v) is 25.1. The number of nitrogens with zero attached hydrogens (tertiary/aromatic N) is 3. The predicted molar refractivity (Wildman–Crippen MR) is 166 cm³/mol. The van der Waals surface area contributed by atoms with Gasteiger partial charge in [0.15, 0.2) is 0 Å². The van der Waals surface area contributed by atoms with Crippen LogP contribution < -0.4 is 0 Å². The second-order valence-corrected chi connectivity index (χ2v) is 12.2. The van der Waals surface area contributed by atoms with Gasteiger partial charge in [-0.25, -0.2) is 9.10 Å². The van der Waals surface area contributed by atoms with Gasteiger partial charge < -0.3 is 14.5 Å². The molecule has 0 spiro atoms. The van der Waals surface area contributed by atoms with Crippen molar-refractivity contribution in [2.45, 2.75) is 69.0 Å². The molecule has 3 aromatic carbocycles. The van der Waals surface area contributed by atoms with E-state index in [0.29, 0.717) is 12.5 Å². The normalized spacial score (nSPS) is 16.0. The lowest BCUT2D eigenvalue weighted by molar-refractivity contribution is 0.0425. The van der Waals surface area contributed by atoms with Gasteiger partial charge in [0, 0.05) is 36.6 Å². The smallest absolute Gasteiger partial charge is 0.410 e. The van der Waals surface area contributed by atoms with Crippen LogP contribution in [0.25, 0.3) is 0 Å². The first-order chi connectivity index (χ1) is 19.5. The second kappa shape index (κ2) is 15.8. The first kappa shape index (κ1) is 30.2. The van der Waals surface area contributed by atoms with Crippen LogP contribution in [0.1, 0.15) is 56.6 Å². The summed E-state index contributed by atoms with van der Waals surface area (Å²) in [5.41, 5.74) is 2.43. The van der Waals surface area contributed by atoms with Gasteiger partial charge in [0.25, 0.3) is 0 Å². The Morgan fingerprint density at radius 2 is 1.55 bits per heavy atom. The highest BCUT2D eigenvalue weighted by Gasteiger charge is 2.32. The molecule has 0 N–H and O–H groups in total. The number of likely N-dealkylation sites (tertiary alicyclic amines) is 1. The molecule has 6 heteroatoms. The molecular weight excluding hydrogens is 514 g/mol. The lowest BCUT2D eigenvalue weighted by Crippen LogP contribution is -2.51. The Bertz CT molecular complexity index is 1120. The van der Waals surface area contributed by atoms with Gasteiger partial charge in [-0.2, -0.15) is 0 Å². The number of likely N-dealkylation sites (N-methyl/N-ethyl adjacent to an activating group) is 1. The van der Waals surface area contributed by atoms with Crippen molar-refractivity contribution in [3.8, 4) is 0 Å². The minimum atomic E-state index is -0.181. The van der Waals surface area contributed by atoms with Gasteiger partial charge in [-0.05, 0) is 87.3 Å². The summed E-state index contributed by atoms with van der Waals surface area (Å²) in [4.78, 5) is 19.1. The molecule has 1 amide bonds. The number of amides is 1. The second-order valence-electron chi connectivity index (χ2n) is 10.9. The number of ether oxygens (including phenoxy) is 1. The number of benzene rings is 3. The van der Waals surface area contributed by atoms with Crippen LogP contribution in [0, 0.1) is 0 Å². The van der Waals surface area contributed by atoms with Crippen molar-refractivity contribution in [2.24, 2.45) is 0 Å². The third-order valence-electron chi connectivity index (χ3n) is 7.98. The molecule has 4 rings (SSSR count). The van der Waals surface area contributed by atoms with Crippen molar-refractivity contribution in [2.75, 3.05) is 33.2 Å². The van der Waals surface area contributed by atoms with Gasteiger partial charge in [-0.1, -0.05) is 85.8 Å². The minimum absolute atomic E-state index is 0.167. The first-order valence-corrected chi connectivity index (χ1v) is 15.5. The van der Waals surface area contributed by atoms with Gasteiger partial charge in [0.1, 0.15) is 6.61 Å². The van der Waals surface area contributed by atoms with Crippen molar-refractivity contribution >= 4 is 18.0 Å². The zero-order chi connectivity index (χ0) is 28.2. The highest BCUT2D eigenvalue weighted by Crippen LogP contribution is 2.28. The summed E-state index contributed by atoms with van der Waals surface area (Å²) >= 11 is 1.81. The lowest BCUT2D eigenvalue weighted by atomic mass is 9.94. The summed E-state index contributed by atoms with van der Waals surface area (Å²) in [6.45, 7) is 8.70. The van der Waals surface area contributed by atoms with E-state index in [1.165, 1.54) is 10.5 Å². The van der Waals surface area contributed by atoms with E-state index in [1.807, 2.05) is 47.2 Å². The molecule has 3 aromatic rings. The summed E-state index contributed by atoms with van der Waals surface area (Å²) in [5.74, 6) is 0.463. The van der Waals surface area contributed by atoms with E-state index in [1.54, 1.807) is 0 Å². The van der Waals surface area contributed by atoms with Crippen LogP contribution >= 0.6 is 11.9 Å². The fraction of sp³-hybridized carbons (Fsp3) is 0.441. The number of carbonyl (C=O) groups excluding carboxylic acids is 1. The fourth-order valence-corrected chi connectivity index (χ4v) is 6.43. The Morgan fingerprint density at radius 3 is 2.17 bits per heavy atom. The number of piperidine rings is 1. The van der Waals surface area contributed by atoms with E-state index in [0.717, 1.165) is 57.4 Å². The van der Waals surface area contributed by atoms with E-state index in [-0.39, 0.29) is 18.2 Å². The van der Waals surface area contributed by atoms with Crippen LogP contribution in [0.5, 0.6) is 0 Å². The van der Waals surface area contributed by atoms with Crippen LogP contribution in [-0.4, -0.2) is 65.5 Å². The average Bonchev–Trinajstić information content (AvgIpc) is 3.00. The summed E-state index contributed by atoms with van der Waals surface area (Å²) in [5, 5.41) is 0. The summed E-state index contributed by atoms with van der Waals surface area (Å²) in [7, 11) is 2.19.